The van der Waals surface area contributed by atoms with Crippen LogP contribution in [0.5, 0.6) is 0 Å². The van der Waals surface area contributed by atoms with E-state index in [-0.39, 0.29) is 11.5 Å². The number of carbonyl (C=O) groups excluding carboxylic acids is 1. The number of aliphatic hydroxyl groups is 1. The number of rotatable bonds is 1. The van der Waals surface area contributed by atoms with E-state index in [4.69, 9.17) is 0 Å². The Morgan fingerprint density at radius 3 is 2.86 bits per heavy atom. The van der Waals surface area contributed by atoms with Crippen LogP contribution < -0.4 is 0 Å². The molecule has 3 saturated carbocycles. The summed E-state index contributed by atoms with van der Waals surface area (Å²) in [7, 11) is 0. The fourth-order valence-electron chi connectivity index (χ4n) is 6.56. The molecular weight excluding hydrogens is 260 g/mol. The van der Waals surface area contributed by atoms with Crippen LogP contribution in [0.2, 0.25) is 0 Å². The maximum atomic E-state index is 12.1. The van der Waals surface area contributed by atoms with Crippen LogP contribution in [0.15, 0.2) is 11.6 Å². The smallest absolute Gasteiger partial charge is 0.130 e. The molecular formula is C19H28O2. The zero-order valence-corrected chi connectivity index (χ0v) is 13.2. The molecule has 116 valence electrons. The minimum Gasteiger partial charge on any atom is -0.393 e. The van der Waals surface area contributed by atoms with Gasteiger partial charge in [-0.2, -0.15) is 0 Å². The van der Waals surface area contributed by atoms with Crippen molar-refractivity contribution in [2.75, 3.05) is 0 Å². The summed E-state index contributed by atoms with van der Waals surface area (Å²) >= 11 is 0. The van der Waals surface area contributed by atoms with E-state index in [9.17, 15) is 9.90 Å². The Balaban J connectivity index is 1.72. The molecule has 0 heterocycles. The van der Waals surface area contributed by atoms with E-state index >= 15 is 0 Å². The van der Waals surface area contributed by atoms with E-state index in [1.54, 1.807) is 0 Å². The first-order valence-electron chi connectivity index (χ1n) is 8.93. The summed E-state index contributed by atoms with van der Waals surface area (Å²) in [4.78, 5) is 12.1. The highest BCUT2D eigenvalue weighted by Gasteiger charge is 2.57. The lowest BCUT2D eigenvalue weighted by Crippen LogP contribution is -2.51. The van der Waals surface area contributed by atoms with Crippen LogP contribution in [0.3, 0.4) is 0 Å². The molecule has 0 aromatic rings. The lowest BCUT2D eigenvalue weighted by molar-refractivity contribution is -0.125. The summed E-state index contributed by atoms with van der Waals surface area (Å²) in [6, 6.07) is 0. The molecule has 0 aliphatic heterocycles. The van der Waals surface area contributed by atoms with Gasteiger partial charge in [0.2, 0.25) is 0 Å². The largest absolute Gasteiger partial charge is 0.393 e. The van der Waals surface area contributed by atoms with Crippen LogP contribution in [-0.4, -0.2) is 17.5 Å². The van der Waals surface area contributed by atoms with Gasteiger partial charge in [0.1, 0.15) is 6.29 Å². The quantitative estimate of drug-likeness (QED) is 0.587. The van der Waals surface area contributed by atoms with E-state index in [1.807, 2.05) is 0 Å². The molecule has 3 fully saturated rings. The topological polar surface area (TPSA) is 37.3 Å². The molecule has 2 heteroatoms. The van der Waals surface area contributed by atoms with Crippen LogP contribution in [0, 0.1) is 28.6 Å². The number of hydrogen-bond donors (Lipinski definition) is 1. The van der Waals surface area contributed by atoms with Gasteiger partial charge < -0.3 is 9.90 Å². The molecule has 21 heavy (non-hydrogen) atoms. The third-order valence-electron chi connectivity index (χ3n) is 7.67. The van der Waals surface area contributed by atoms with Gasteiger partial charge in [0.25, 0.3) is 0 Å². The number of hydrogen-bond acceptors (Lipinski definition) is 2. The molecule has 0 aromatic carbocycles. The third kappa shape index (κ3) is 1.84. The average Bonchev–Trinajstić information content (AvgIpc) is 2.88. The average molecular weight is 288 g/mol. The Labute approximate surface area is 128 Å². The Kier molecular flexibility index (Phi) is 3.12. The minimum atomic E-state index is -0.221. The number of aliphatic hydroxyl groups excluding tert-OH is 1. The first-order chi connectivity index (χ1) is 10.1. The van der Waals surface area contributed by atoms with E-state index in [2.05, 4.69) is 13.0 Å². The lowest BCUT2D eigenvalue weighted by Gasteiger charge is -2.56. The standard InChI is InChI=1S/C19H28O2/c1-18-8-2-3-16(18)15-5-4-13-11-14(21)6-10-19(13,12-20)17(15)7-9-18/h4,12,14-17,21H,2-3,5-11H2,1H3/t14?,15-,16-,17-,18-,19+/m0/s1. The van der Waals surface area contributed by atoms with Crippen molar-refractivity contribution in [1.29, 1.82) is 0 Å². The second-order valence-corrected chi connectivity index (χ2v) is 8.48. The summed E-state index contributed by atoms with van der Waals surface area (Å²) in [5.41, 5.74) is 1.61. The molecule has 4 aliphatic rings. The van der Waals surface area contributed by atoms with Crippen LogP contribution in [0.25, 0.3) is 0 Å². The van der Waals surface area contributed by atoms with Crippen molar-refractivity contribution in [2.24, 2.45) is 28.6 Å². The van der Waals surface area contributed by atoms with Crippen LogP contribution in [0.1, 0.15) is 64.7 Å². The number of allylic oxidation sites excluding steroid dienone is 1. The van der Waals surface area contributed by atoms with Crippen molar-refractivity contribution in [3.05, 3.63) is 11.6 Å². The van der Waals surface area contributed by atoms with Gasteiger partial charge in [-0.25, -0.2) is 0 Å². The van der Waals surface area contributed by atoms with Gasteiger partial charge in [-0.3, -0.25) is 0 Å². The normalized spacial score (nSPS) is 52.4. The molecule has 4 rings (SSSR count). The van der Waals surface area contributed by atoms with Crippen molar-refractivity contribution in [1.82, 2.24) is 0 Å². The molecule has 1 unspecified atom stereocenters. The molecule has 1 N–H and O–H groups in total. The predicted octanol–water partition coefficient (Wildman–Crippen LogP) is 3.88. The highest BCUT2D eigenvalue weighted by Crippen LogP contribution is 2.64. The second kappa shape index (κ2) is 4.68. The zero-order chi connectivity index (χ0) is 14.7. The fourth-order valence-corrected chi connectivity index (χ4v) is 6.56. The molecule has 4 aliphatic carbocycles. The lowest BCUT2D eigenvalue weighted by atomic mass is 9.48. The Morgan fingerprint density at radius 1 is 1.19 bits per heavy atom. The molecule has 0 radical (unpaired) electrons. The summed E-state index contributed by atoms with van der Waals surface area (Å²) in [5.74, 6) is 2.10. The summed E-state index contributed by atoms with van der Waals surface area (Å²) in [6.07, 6.45) is 13.7. The van der Waals surface area contributed by atoms with Crippen molar-refractivity contribution in [2.45, 2.75) is 70.8 Å². The molecule has 0 bridgehead atoms. The van der Waals surface area contributed by atoms with Gasteiger partial charge in [0.05, 0.1) is 11.5 Å². The van der Waals surface area contributed by atoms with E-state index in [0.29, 0.717) is 11.3 Å². The van der Waals surface area contributed by atoms with Crippen LogP contribution >= 0.6 is 0 Å². The van der Waals surface area contributed by atoms with Gasteiger partial charge in [-0.15, -0.1) is 0 Å². The second-order valence-electron chi connectivity index (χ2n) is 8.48. The number of carbonyl (C=O) groups is 1. The predicted molar refractivity (Wildman–Crippen MR) is 82.7 cm³/mol. The summed E-state index contributed by atoms with van der Waals surface area (Å²) in [5, 5.41) is 9.99. The molecule has 6 atom stereocenters. The third-order valence-corrected chi connectivity index (χ3v) is 7.67. The number of fused-ring (bicyclic) bond motifs is 5. The van der Waals surface area contributed by atoms with Crippen molar-refractivity contribution in [3.63, 3.8) is 0 Å². The molecule has 2 nitrogen and oxygen atoms in total. The van der Waals surface area contributed by atoms with E-state index < -0.39 is 0 Å². The SMILES string of the molecule is C[C@@]12CCC[C@H]1[C@@H]1CC=C3CC(O)CC[C@]3(C=O)[C@H]1CC2. The van der Waals surface area contributed by atoms with Gasteiger partial charge >= 0.3 is 0 Å². The maximum Gasteiger partial charge on any atom is 0.130 e. The van der Waals surface area contributed by atoms with Gasteiger partial charge in [0.15, 0.2) is 0 Å². The summed E-state index contributed by atoms with van der Waals surface area (Å²) < 4.78 is 0. The molecule has 0 aromatic heterocycles. The van der Waals surface area contributed by atoms with Gasteiger partial charge in [-0.05, 0) is 74.5 Å². The van der Waals surface area contributed by atoms with Crippen LogP contribution in [0.4, 0.5) is 0 Å². The fraction of sp³-hybridized carbons (Fsp3) is 0.842. The van der Waals surface area contributed by atoms with E-state index in [0.717, 1.165) is 37.5 Å². The monoisotopic (exact) mass is 288 g/mol. The molecule has 0 saturated heterocycles. The van der Waals surface area contributed by atoms with E-state index in [1.165, 1.54) is 44.0 Å². The zero-order valence-electron chi connectivity index (χ0n) is 13.2. The first kappa shape index (κ1) is 14.0. The van der Waals surface area contributed by atoms with Crippen LogP contribution in [-0.2, 0) is 4.79 Å². The highest BCUT2D eigenvalue weighted by molar-refractivity contribution is 5.67. The first-order valence-corrected chi connectivity index (χ1v) is 8.93. The number of aldehydes is 1. The molecule has 0 spiro atoms. The molecule has 0 amide bonds. The Hall–Kier alpha value is -0.630. The highest BCUT2D eigenvalue weighted by atomic mass is 16.3. The Bertz CT molecular complexity index is 482. The van der Waals surface area contributed by atoms with Gasteiger partial charge in [-0.1, -0.05) is 25.0 Å². The maximum absolute atomic E-state index is 12.1. The minimum absolute atomic E-state index is 0.216. The van der Waals surface area contributed by atoms with Gasteiger partial charge in [0, 0.05) is 0 Å². The van der Waals surface area contributed by atoms with Crippen molar-refractivity contribution < 1.29 is 9.90 Å². The Morgan fingerprint density at radius 2 is 2.05 bits per heavy atom. The van der Waals surface area contributed by atoms with Crippen molar-refractivity contribution in [3.8, 4) is 0 Å². The summed E-state index contributed by atoms with van der Waals surface area (Å²) in [6.45, 7) is 2.50. The van der Waals surface area contributed by atoms with Crippen molar-refractivity contribution >= 4 is 6.29 Å².